The van der Waals surface area contributed by atoms with Crippen LogP contribution in [0.5, 0.6) is 0 Å². The van der Waals surface area contributed by atoms with E-state index >= 15 is 0 Å². The lowest BCUT2D eigenvalue weighted by Gasteiger charge is -2.32. The largest absolute Gasteiger partial charge is 0.444 e. The van der Waals surface area contributed by atoms with Crippen LogP contribution in [0, 0.1) is 0 Å². The van der Waals surface area contributed by atoms with E-state index in [0.717, 1.165) is 27.7 Å². The summed E-state index contributed by atoms with van der Waals surface area (Å²) in [4.78, 5) is 72.8. The van der Waals surface area contributed by atoms with Crippen molar-refractivity contribution in [1.82, 2.24) is 9.80 Å². The minimum atomic E-state index is -1.53. The van der Waals surface area contributed by atoms with Gasteiger partial charge in [0.1, 0.15) is 6.04 Å². The Morgan fingerprint density at radius 3 is 1.71 bits per heavy atom. The summed E-state index contributed by atoms with van der Waals surface area (Å²) in [5.74, 6) is -5.05. The second-order valence-electron chi connectivity index (χ2n) is 5.12. The number of rotatable bonds is 9. The highest BCUT2D eigenvalue weighted by Gasteiger charge is 2.33. The van der Waals surface area contributed by atoms with Crippen LogP contribution < -0.4 is 0 Å². The molecular formula is C14H19N5O9. The van der Waals surface area contributed by atoms with Gasteiger partial charge in [-0.2, -0.15) is 0 Å². The van der Waals surface area contributed by atoms with E-state index in [1.807, 2.05) is 0 Å². The number of hydrogen-bond donors (Lipinski definition) is 0. The zero-order valence-electron chi connectivity index (χ0n) is 15.6. The van der Waals surface area contributed by atoms with Gasteiger partial charge in [0.05, 0.1) is 0 Å². The van der Waals surface area contributed by atoms with Crippen molar-refractivity contribution in [2.75, 3.05) is 20.2 Å². The van der Waals surface area contributed by atoms with E-state index in [9.17, 15) is 28.8 Å². The molecule has 0 aliphatic rings. The van der Waals surface area contributed by atoms with Gasteiger partial charge < -0.3 is 14.2 Å². The summed E-state index contributed by atoms with van der Waals surface area (Å²) in [6.45, 7) is 2.19. The standard InChI is InChI=1S/C14H19N5O9/c1-8(12(23)13(24)16-17-15)19(7-28-11(4)22)14(25)18(5-26-9(2)20)6-27-10(3)21/h8H,5-7H2,1-4H3. The third-order valence-electron chi connectivity index (χ3n) is 2.96. The lowest BCUT2D eigenvalue weighted by Crippen LogP contribution is -2.53. The van der Waals surface area contributed by atoms with E-state index in [2.05, 4.69) is 19.5 Å². The number of amides is 3. The van der Waals surface area contributed by atoms with E-state index in [-0.39, 0.29) is 0 Å². The van der Waals surface area contributed by atoms with Crippen LogP contribution in [0.15, 0.2) is 5.11 Å². The Kier molecular flexibility index (Phi) is 10.3. The first kappa shape index (κ1) is 24.3. The van der Waals surface area contributed by atoms with Gasteiger partial charge in [0, 0.05) is 25.7 Å². The van der Waals surface area contributed by atoms with Crippen LogP contribution in [0.3, 0.4) is 0 Å². The van der Waals surface area contributed by atoms with Crippen molar-refractivity contribution in [2.45, 2.75) is 33.7 Å². The van der Waals surface area contributed by atoms with Crippen LogP contribution >= 0.6 is 0 Å². The molecule has 0 rings (SSSR count). The average molecular weight is 401 g/mol. The van der Waals surface area contributed by atoms with Crippen LogP contribution in [0.25, 0.3) is 10.4 Å². The first-order chi connectivity index (χ1) is 13.0. The highest BCUT2D eigenvalue weighted by atomic mass is 16.6. The predicted octanol–water partition coefficient (Wildman–Crippen LogP) is 0.0667. The molecule has 0 saturated heterocycles. The molecule has 0 aliphatic carbocycles. The lowest BCUT2D eigenvalue weighted by molar-refractivity contribution is -0.153. The van der Waals surface area contributed by atoms with Crippen molar-refractivity contribution >= 4 is 35.6 Å². The normalized spacial score (nSPS) is 10.6. The number of hydrogen-bond acceptors (Lipinski definition) is 9. The molecule has 154 valence electrons. The molecule has 0 bridgehead atoms. The molecule has 0 aromatic carbocycles. The number of carbonyl (C=O) groups excluding carboxylic acids is 6. The lowest BCUT2D eigenvalue weighted by atomic mass is 10.2. The summed E-state index contributed by atoms with van der Waals surface area (Å²) in [6, 6.07) is -2.60. The minimum Gasteiger partial charge on any atom is -0.444 e. The first-order valence-electron chi connectivity index (χ1n) is 7.60. The fourth-order valence-electron chi connectivity index (χ4n) is 1.57. The number of azide groups is 1. The maximum absolute atomic E-state index is 12.7. The molecule has 0 saturated carbocycles. The molecule has 1 unspecified atom stereocenters. The number of ether oxygens (including phenoxy) is 3. The highest BCUT2D eigenvalue weighted by Crippen LogP contribution is 2.09. The SMILES string of the molecule is CC(=O)OCN(COC(C)=O)C(=O)N(COC(C)=O)C(C)C(=O)C(=O)N=[N+]=[N-]. The van der Waals surface area contributed by atoms with E-state index in [0.29, 0.717) is 9.80 Å². The molecular weight excluding hydrogens is 382 g/mol. The Morgan fingerprint density at radius 2 is 1.32 bits per heavy atom. The van der Waals surface area contributed by atoms with Crippen molar-refractivity contribution in [3.63, 3.8) is 0 Å². The van der Waals surface area contributed by atoms with Gasteiger partial charge in [0.15, 0.2) is 20.2 Å². The topological polar surface area (TPSA) is 185 Å². The Bertz CT molecular complexity index is 683. The fraction of sp³-hybridized carbons (Fsp3) is 0.571. The van der Waals surface area contributed by atoms with E-state index < -0.39 is 61.9 Å². The molecule has 0 fully saturated rings. The maximum atomic E-state index is 12.7. The summed E-state index contributed by atoms with van der Waals surface area (Å²) in [5, 5.41) is 2.64. The molecule has 0 N–H and O–H groups in total. The molecule has 14 nitrogen and oxygen atoms in total. The predicted molar refractivity (Wildman–Crippen MR) is 87.6 cm³/mol. The van der Waals surface area contributed by atoms with Gasteiger partial charge in [-0.25, -0.2) is 4.79 Å². The van der Waals surface area contributed by atoms with Gasteiger partial charge in [0.25, 0.3) is 5.91 Å². The van der Waals surface area contributed by atoms with Crippen molar-refractivity contribution in [2.24, 2.45) is 5.11 Å². The van der Waals surface area contributed by atoms with Crippen molar-refractivity contribution in [3.8, 4) is 0 Å². The molecule has 0 spiro atoms. The molecule has 14 heteroatoms. The smallest absolute Gasteiger partial charge is 0.328 e. The summed E-state index contributed by atoms with van der Waals surface area (Å²) >= 11 is 0. The van der Waals surface area contributed by atoms with Gasteiger partial charge in [-0.05, 0) is 17.6 Å². The second-order valence-corrected chi connectivity index (χ2v) is 5.12. The molecule has 0 aromatic heterocycles. The number of carbonyl (C=O) groups is 6. The summed E-state index contributed by atoms with van der Waals surface area (Å²) in [5.41, 5.74) is 8.25. The number of nitrogens with zero attached hydrogens (tertiary/aromatic N) is 5. The van der Waals surface area contributed by atoms with E-state index in [1.54, 1.807) is 0 Å². The van der Waals surface area contributed by atoms with Gasteiger partial charge in [-0.15, -0.1) is 0 Å². The van der Waals surface area contributed by atoms with E-state index in [4.69, 9.17) is 10.3 Å². The Morgan fingerprint density at radius 1 is 0.893 bits per heavy atom. The van der Waals surface area contributed by atoms with Crippen LogP contribution in [-0.4, -0.2) is 71.7 Å². The number of ketones is 1. The molecule has 0 heterocycles. The van der Waals surface area contributed by atoms with Gasteiger partial charge >= 0.3 is 23.9 Å². The third kappa shape index (κ3) is 8.62. The van der Waals surface area contributed by atoms with Crippen LogP contribution in [0.4, 0.5) is 4.79 Å². The Labute approximate surface area is 158 Å². The maximum Gasteiger partial charge on any atom is 0.328 e. The zero-order valence-corrected chi connectivity index (χ0v) is 15.6. The Hall–Kier alpha value is -3.67. The second kappa shape index (κ2) is 11.9. The minimum absolute atomic E-state index is 0.627. The van der Waals surface area contributed by atoms with Gasteiger partial charge in [-0.3, -0.25) is 33.8 Å². The molecule has 0 radical (unpaired) electrons. The van der Waals surface area contributed by atoms with Gasteiger partial charge in [0.2, 0.25) is 5.78 Å². The summed E-state index contributed by atoms with van der Waals surface area (Å²) in [7, 11) is 0. The van der Waals surface area contributed by atoms with Crippen LogP contribution in [0.1, 0.15) is 27.7 Å². The molecule has 1 atom stereocenters. The fourth-order valence-corrected chi connectivity index (χ4v) is 1.57. The number of urea groups is 1. The molecule has 28 heavy (non-hydrogen) atoms. The summed E-state index contributed by atoms with van der Waals surface area (Å²) < 4.78 is 14.1. The molecule has 3 amide bonds. The van der Waals surface area contributed by atoms with Crippen molar-refractivity contribution in [3.05, 3.63) is 10.4 Å². The third-order valence-corrected chi connectivity index (χ3v) is 2.96. The van der Waals surface area contributed by atoms with Crippen LogP contribution in [0.2, 0.25) is 0 Å². The van der Waals surface area contributed by atoms with Gasteiger partial charge in [-0.1, -0.05) is 0 Å². The Balaban J connectivity index is 5.66. The quantitative estimate of drug-likeness (QED) is 0.0979. The highest BCUT2D eigenvalue weighted by molar-refractivity contribution is 6.38. The van der Waals surface area contributed by atoms with Crippen LogP contribution in [-0.2, 0) is 38.2 Å². The number of Topliss-reactive ketones (excluding diaryl/α,β-unsaturated/α-hetero) is 1. The molecule has 0 aromatic rings. The number of esters is 3. The monoisotopic (exact) mass is 401 g/mol. The van der Waals surface area contributed by atoms with E-state index in [1.165, 1.54) is 0 Å². The van der Waals surface area contributed by atoms with Crippen molar-refractivity contribution < 1.29 is 43.0 Å². The average Bonchev–Trinajstić information content (AvgIpc) is 2.60. The molecule has 0 aliphatic heterocycles. The van der Waals surface area contributed by atoms with Crippen molar-refractivity contribution in [1.29, 1.82) is 0 Å². The zero-order chi connectivity index (χ0) is 21.9. The summed E-state index contributed by atoms with van der Waals surface area (Å²) in [6.07, 6.45) is 0. The first-order valence-corrected chi connectivity index (χ1v) is 7.60.